The highest BCUT2D eigenvalue weighted by atomic mass is 16.5. The number of aliphatic hydroxyl groups is 1. The van der Waals surface area contributed by atoms with Crippen LogP contribution >= 0.6 is 0 Å². The Bertz CT molecular complexity index is 865. The summed E-state index contributed by atoms with van der Waals surface area (Å²) < 4.78 is 5.32. The SMILES string of the molecule is COc1ccc([C@H]2[C@H]3CCCC[C@@]3(O)CCN2CC(=O)Nc2ccc(C)cc2)cc1. The van der Waals surface area contributed by atoms with Crippen LogP contribution in [0.25, 0.3) is 0 Å². The summed E-state index contributed by atoms with van der Waals surface area (Å²) in [5, 5.41) is 14.4. The van der Waals surface area contributed by atoms with Crippen molar-refractivity contribution in [3.8, 4) is 5.75 Å². The Morgan fingerprint density at radius 1 is 1.13 bits per heavy atom. The van der Waals surface area contributed by atoms with Crippen LogP contribution in [-0.4, -0.2) is 41.7 Å². The van der Waals surface area contributed by atoms with Crippen LogP contribution in [0.1, 0.15) is 49.3 Å². The molecule has 0 radical (unpaired) electrons. The largest absolute Gasteiger partial charge is 0.497 e. The fraction of sp³-hybridized carbons (Fsp3) is 0.480. The number of piperidine rings is 1. The van der Waals surface area contributed by atoms with Gasteiger partial charge in [-0.25, -0.2) is 0 Å². The molecule has 160 valence electrons. The second-order valence-electron chi connectivity index (χ2n) is 8.81. The molecule has 1 saturated heterocycles. The number of nitrogens with one attached hydrogen (secondary N) is 1. The zero-order valence-electron chi connectivity index (χ0n) is 17.9. The predicted octanol–water partition coefficient (Wildman–Crippen LogP) is 4.31. The fourth-order valence-corrected chi connectivity index (χ4v) is 5.19. The van der Waals surface area contributed by atoms with E-state index in [1.165, 1.54) is 5.56 Å². The van der Waals surface area contributed by atoms with E-state index in [4.69, 9.17) is 4.74 Å². The zero-order chi connectivity index (χ0) is 21.1. The van der Waals surface area contributed by atoms with Gasteiger partial charge in [-0.3, -0.25) is 9.69 Å². The number of likely N-dealkylation sites (tertiary alicyclic amines) is 1. The van der Waals surface area contributed by atoms with Gasteiger partial charge in [0.2, 0.25) is 5.91 Å². The van der Waals surface area contributed by atoms with Gasteiger partial charge < -0.3 is 15.2 Å². The van der Waals surface area contributed by atoms with Gasteiger partial charge in [0.05, 0.1) is 19.3 Å². The van der Waals surface area contributed by atoms with Gasteiger partial charge in [-0.2, -0.15) is 0 Å². The predicted molar refractivity (Wildman–Crippen MR) is 119 cm³/mol. The summed E-state index contributed by atoms with van der Waals surface area (Å²) in [7, 11) is 1.66. The van der Waals surface area contributed by atoms with E-state index in [-0.39, 0.29) is 17.9 Å². The van der Waals surface area contributed by atoms with E-state index >= 15 is 0 Å². The smallest absolute Gasteiger partial charge is 0.238 e. The summed E-state index contributed by atoms with van der Waals surface area (Å²) in [6.45, 7) is 3.06. The lowest BCUT2D eigenvalue weighted by Gasteiger charge is -2.52. The van der Waals surface area contributed by atoms with E-state index in [9.17, 15) is 9.90 Å². The molecule has 1 heterocycles. The molecule has 3 atom stereocenters. The molecule has 0 unspecified atom stereocenters. The minimum atomic E-state index is -0.632. The fourth-order valence-electron chi connectivity index (χ4n) is 5.19. The number of carbonyl (C=O) groups excluding carboxylic acids is 1. The maximum Gasteiger partial charge on any atom is 0.238 e. The molecule has 1 aliphatic carbocycles. The molecule has 0 bridgehead atoms. The Morgan fingerprint density at radius 3 is 2.57 bits per heavy atom. The quantitative estimate of drug-likeness (QED) is 0.774. The normalized spacial score (nSPS) is 26.6. The first-order chi connectivity index (χ1) is 14.5. The number of fused-ring (bicyclic) bond motifs is 1. The number of amides is 1. The van der Waals surface area contributed by atoms with Crippen molar-refractivity contribution in [2.75, 3.05) is 25.5 Å². The monoisotopic (exact) mass is 408 g/mol. The molecule has 2 aliphatic rings. The molecule has 1 aliphatic heterocycles. The lowest BCUT2D eigenvalue weighted by atomic mass is 9.66. The molecule has 1 saturated carbocycles. The Kier molecular flexibility index (Phi) is 6.11. The first kappa shape index (κ1) is 20.9. The molecule has 5 heteroatoms. The molecular weight excluding hydrogens is 376 g/mol. The highest BCUT2D eigenvalue weighted by Crippen LogP contribution is 2.49. The maximum absolute atomic E-state index is 12.8. The van der Waals surface area contributed by atoms with Crippen molar-refractivity contribution in [3.63, 3.8) is 0 Å². The number of hydrogen-bond donors (Lipinski definition) is 2. The first-order valence-corrected chi connectivity index (χ1v) is 11.0. The lowest BCUT2D eigenvalue weighted by molar-refractivity contribution is -0.135. The van der Waals surface area contributed by atoms with Crippen LogP contribution in [0.4, 0.5) is 5.69 Å². The Morgan fingerprint density at radius 2 is 1.87 bits per heavy atom. The number of benzene rings is 2. The molecule has 2 fully saturated rings. The van der Waals surface area contributed by atoms with Crippen LogP contribution in [0.15, 0.2) is 48.5 Å². The van der Waals surface area contributed by atoms with Gasteiger partial charge in [-0.1, -0.05) is 42.7 Å². The molecule has 0 aromatic heterocycles. The highest BCUT2D eigenvalue weighted by molar-refractivity contribution is 5.92. The highest BCUT2D eigenvalue weighted by Gasteiger charge is 2.49. The van der Waals surface area contributed by atoms with Crippen molar-refractivity contribution >= 4 is 11.6 Å². The zero-order valence-corrected chi connectivity index (χ0v) is 17.9. The van der Waals surface area contributed by atoms with Crippen LogP contribution in [0.5, 0.6) is 5.75 Å². The van der Waals surface area contributed by atoms with Gasteiger partial charge in [0.1, 0.15) is 5.75 Å². The standard InChI is InChI=1S/C25H32N2O3/c1-18-6-10-20(11-7-18)26-23(28)17-27-16-15-25(29)14-4-3-5-22(25)24(27)19-8-12-21(30-2)13-9-19/h6-13,22,24,29H,3-5,14-17H2,1-2H3,(H,26,28)/t22-,24+,25-/m1/s1. The molecule has 0 spiro atoms. The minimum absolute atomic E-state index is 0.0152. The molecule has 2 N–H and O–H groups in total. The topological polar surface area (TPSA) is 61.8 Å². The summed E-state index contributed by atoms with van der Waals surface area (Å²) in [4.78, 5) is 15.1. The molecule has 4 rings (SSSR count). The van der Waals surface area contributed by atoms with Gasteiger partial charge in [-0.15, -0.1) is 0 Å². The van der Waals surface area contributed by atoms with Crippen LogP contribution in [0.2, 0.25) is 0 Å². The molecule has 2 aromatic rings. The number of aryl methyl sites for hydroxylation is 1. The van der Waals surface area contributed by atoms with Crippen LogP contribution < -0.4 is 10.1 Å². The lowest BCUT2D eigenvalue weighted by Crippen LogP contribution is -2.56. The summed E-state index contributed by atoms with van der Waals surface area (Å²) in [6.07, 6.45) is 4.78. The first-order valence-electron chi connectivity index (χ1n) is 11.0. The second kappa shape index (κ2) is 8.78. The van der Waals surface area contributed by atoms with Crippen molar-refractivity contribution < 1.29 is 14.6 Å². The Hall–Kier alpha value is -2.37. The van der Waals surface area contributed by atoms with E-state index in [1.54, 1.807) is 7.11 Å². The van der Waals surface area contributed by atoms with Crippen molar-refractivity contribution in [1.29, 1.82) is 0 Å². The summed E-state index contributed by atoms with van der Waals surface area (Å²) in [6, 6.07) is 16.0. The third-order valence-corrected chi connectivity index (χ3v) is 6.81. The van der Waals surface area contributed by atoms with E-state index in [0.29, 0.717) is 13.1 Å². The third kappa shape index (κ3) is 4.37. The number of ether oxygens (including phenoxy) is 1. The van der Waals surface area contributed by atoms with Gasteiger partial charge in [0.25, 0.3) is 0 Å². The van der Waals surface area contributed by atoms with Gasteiger partial charge >= 0.3 is 0 Å². The summed E-state index contributed by atoms with van der Waals surface area (Å²) >= 11 is 0. The minimum Gasteiger partial charge on any atom is -0.497 e. The summed E-state index contributed by atoms with van der Waals surface area (Å²) in [5.41, 5.74) is 2.49. The molecular formula is C25H32N2O3. The number of anilines is 1. The molecule has 1 amide bonds. The van der Waals surface area contributed by atoms with E-state index in [1.807, 2.05) is 43.3 Å². The maximum atomic E-state index is 12.8. The van der Waals surface area contributed by atoms with Crippen molar-refractivity contribution in [3.05, 3.63) is 59.7 Å². The number of nitrogens with zero attached hydrogens (tertiary/aromatic N) is 1. The van der Waals surface area contributed by atoms with E-state index in [2.05, 4.69) is 22.3 Å². The van der Waals surface area contributed by atoms with Crippen LogP contribution in [-0.2, 0) is 4.79 Å². The number of rotatable bonds is 5. The number of carbonyl (C=O) groups is 1. The van der Waals surface area contributed by atoms with Gasteiger partial charge in [0, 0.05) is 24.2 Å². The van der Waals surface area contributed by atoms with Gasteiger partial charge in [-0.05, 0) is 56.0 Å². The summed E-state index contributed by atoms with van der Waals surface area (Å²) in [5.74, 6) is 0.941. The average molecular weight is 409 g/mol. The Labute approximate surface area is 179 Å². The van der Waals surface area contributed by atoms with Crippen LogP contribution in [0.3, 0.4) is 0 Å². The van der Waals surface area contributed by atoms with E-state index < -0.39 is 5.60 Å². The molecule has 2 aromatic carbocycles. The number of methoxy groups -OCH3 is 1. The van der Waals surface area contributed by atoms with Gasteiger partial charge in [0.15, 0.2) is 0 Å². The van der Waals surface area contributed by atoms with Crippen LogP contribution in [0, 0.1) is 12.8 Å². The van der Waals surface area contributed by atoms with E-state index in [0.717, 1.165) is 49.1 Å². The van der Waals surface area contributed by atoms with Crippen molar-refractivity contribution in [1.82, 2.24) is 4.90 Å². The second-order valence-corrected chi connectivity index (χ2v) is 8.81. The average Bonchev–Trinajstić information content (AvgIpc) is 2.75. The third-order valence-electron chi connectivity index (χ3n) is 6.81. The Balaban J connectivity index is 1.56. The molecule has 5 nitrogen and oxygen atoms in total. The number of hydrogen-bond acceptors (Lipinski definition) is 4. The molecule has 30 heavy (non-hydrogen) atoms. The van der Waals surface area contributed by atoms with Crippen molar-refractivity contribution in [2.24, 2.45) is 5.92 Å². The van der Waals surface area contributed by atoms with Crippen molar-refractivity contribution in [2.45, 2.75) is 50.7 Å².